The summed E-state index contributed by atoms with van der Waals surface area (Å²) in [4.78, 5) is 8.29. The molecule has 3 aromatic rings. The Kier molecular flexibility index (Phi) is 2.11. The van der Waals surface area contributed by atoms with E-state index in [1.165, 1.54) is 0 Å². The summed E-state index contributed by atoms with van der Waals surface area (Å²) in [7, 11) is 0. The maximum Gasteiger partial charge on any atom is 0.131 e. The van der Waals surface area contributed by atoms with Crippen molar-refractivity contribution in [2.45, 2.75) is 0 Å². The predicted molar refractivity (Wildman–Crippen MR) is 63.9 cm³/mol. The number of hydrogen-bond acceptors (Lipinski definition) is 2. The van der Waals surface area contributed by atoms with Gasteiger partial charge in [-0.25, -0.2) is 9.97 Å². The molecule has 78 valence electrons. The van der Waals surface area contributed by atoms with E-state index >= 15 is 0 Å². The van der Waals surface area contributed by atoms with E-state index in [1.54, 1.807) is 12.5 Å². The monoisotopic (exact) mass is 229 g/mol. The van der Waals surface area contributed by atoms with Gasteiger partial charge in [0.2, 0.25) is 0 Å². The summed E-state index contributed by atoms with van der Waals surface area (Å²) in [5.74, 6) is 0. The molecule has 1 aromatic carbocycles. The molecule has 4 heteroatoms. The normalized spacial score (nSPS) is 10.8. The summed E-state index contributed by atoms with van der Waals surface area (Å²) < 4.78 is 1.99. The van der Waals surface area contributed by atoms with Crippen molar-refractivity contribution in [3.8, 4) is 5.69 Å². The van der Waals surface area contributed by atoms with Gasteiger partial charge in [-0.3, -0.25) is 4.57 Å². The lowest BCUT2D eigenvalue weighted by atomic mass is 10.3. The molecular weight excluding hydrogens is 222 g/mol. The van der Waals surface area contributed by atoms with E-state index in [1.807, 2.05) is 41.0 Å². The van der Waals surface area contributed by atoms with Crippen molar-refractivity contribution in [2.24, 2.45) is 0 Å². The van der Waals surface area contributed by atoms with Crippen molar-refractivity contribution in [3.63, 3.8) is 0 Å². The number of benzene rings is 1. The number of pyridine rings is 1. The summed E-state index contributed by atoms with van der Waals surface area (Å²) in [5.41, 5.74) is 2.99. The van der Waals surface area contributed by atoms with E-state index < -0.39 is 0 Å². The summed E-state index contributed by atoms with van der Waals surface area (Å²) in [5, 5.41) is 0.482. The van der Waals surface area contributed by atoms with Crippen LogP contribution in [0.4, 0.5) is 0 Å². The molecule has 0 saturated carbocycles. The Morgan fingerprint density at radius 1 is 1.06 bits per heavy atom. The Morgan fingerprint density at radius 3 is 2.81 bits per heavy atom. The molecule has 0 saturated heterocycles. The van der Waals surface area contributed by atoms with Gasteiger partial charge in [-0.05, 0) is 24.3 Å². The van der Waals surface area contributed by atoms with Gasteiger partial charge in [0.05, 0.1) is 16.7 Å². The SMILES string of the molecule is Clc1cc(-n2cnc3ccccc32)ccn1. The Bertz CT molecular complexity index is 645. The summed E-state index contributed by atoms with van der Waals surface area (Å²) in [6, 6.07) is 11.7. The van der Waals surface area contributed by atoms with E-state index in [-0.39, 0.29) is 0 Å². The molecule has 0 aliphatic heterocycles. The van der Waals surface area contributed by atoms with Gasteiger partial charge in [0.1, 0.15) is 11.5 Å². The van der Waals surface area contributed by atoms with Crippen LogP contribution in [0.1, 0.15) is 0 Å². The minimum atomic E-state index is 0.482. The Labute approximate surface area is 97.3 Å². The number of para-hydroxylation sites is 2. The van der Waals surface area contributed by atoms with Crippen molar-refractivity contribution < 1.29 is 0 Å². The molecule has 0 atom stereocenters. The molecule has 0 aliphatic carbocycles. The van der Waals surface area contributed by atoms with Gasteiger partial charge in [-0.15, -0.1) is 0 Å². The van der Waals surface area contributed by atoms with Crippen LogP contribution >= 0.6 is 11.6 Å². The fourth-order valence-corrected chi connectivity index (χ4v) is 1.88. The maximum absolute atomic E-state index is 5.87. The first-order chi connectivity index (χ1) is 7.84. The highest BCUT2D eigenvalue weighted by Crippen LogP contribution is 2.18. The molecule has 0 radical (unpaired) electrons. The first kappa shape index (κ1) is 9.36. The van der Waals surface area contributed by atoms with E-state index in [4.69, 9.17) is 11.6 Å². The van der Waals surface area contributed by atoms with Crippen LogP contribution in [0.3, 0.4) is 0 Å². The fraction of sp³-hybridized carbons (Fsp3) is 0. The highest BCUT2D eigenvalue weighted by atomic mass is 35.5. The van der Waals surface area contributed by atoms with Crippen LogP contribution in [-0.4, -0.2) is 14.5 Å². The predicted octanol–water partition coefficient (Wildman–Crippen LogP) is 3.07. The molecule has 2 heterocycles. The van der Waals surface area contributed by atoms with Gasteiger partial charge in [0.15, 0.2) is 0 Å². The third kappa shape index (κ3) is 1.46. The molecule has 0 unspecified atom stereocenters. The van der Waals surface area contributed by atoms with E-state index in [0.29, 0.717) is 5.15 Å². The molecule has 0 N–H and O–H groups in total. The lowest BCUT2D eigenvalue weighted by Gasteiger charge is -2.03. The number of halogens is 1. The van der Waals surface area contributed by atoms with Crippen LogP contribution in [0.5, 0.6) is 0 Å². The average molecular weight is 230 g/mol. The molecule has 0 fully saturated rings. The highest BCUT2D eigenvalue weighted by Gasteiger charge is 2.03. The second kappa shape index (κ2) is 3.61. The van der Waals surface area contributed by atoms with Gasteiger partial charge in [0, 0.05) is 6.20 Å². The van der Waals surface area contributed by atoms with Crippen molar-refractivity contribution in [2.75, 3.05) is 0 Å². The zero-order chi connectivity index (χ0) is 11.0. The average Bonchev–Trinajstić information content (AvgIpc) is 2.72. The molecule has 16 heavy (non-hydrogen) atoms. The minimum absolute atomic E-state index is 0.482. The molecule has 0 spiro atoms. The minimum Gasteiger partial charge on any atom is -0.299 e. The molecule has 2 aromatic heterocycles. The molecule has 0 bridgehead atoms. The first-order valence-corrected chi connectivity index (χ1v) is 5.26. The van der Waals surface area contributed by atoms with E-state index in [9.17, 15) is 0 Å². The van der Waals surface area contributed by atoms with Crippen molar-refractivity contribution in [1.82, 2.24) is 14.5 Å². The van der Waals surface area contributed by atoms with Gasteiger partial charge >= 0.3 is 0 Å². The Hall–Kier alpha value is -1.87. The topological polar surface area (TPSA) is 30.7 Å². The Balaban J connectivity index is 2.26. The third-order valence-corrected chi connectivity index (χ3v) is 2.65. The van der Waals surface area contributed by atoms with Crippen LogP contribution in [0.15, 0.2) is 48.9 Å². The van der Waals surface area contributed by atoms with Crippen molar-refractivity contribution >= 4 is 22.6 Å². The second-order valence-corrected chi connectivity index (χ2v) is 3.83. The molecule has 3 nitrogen and oxygen atoms in total. The van der Waals surface area contributed by atoms with Gasteiger partial charge in [-0.2, -0.15) is 0 Å². The van der Waals surface area contributed by atoms with E-state index in [0.717, 1.165) is 16.7 Å². The van der Waals surface area contributed by atoms with Gasteiger partial charge in [0.25, 0.3) is 0 Å². The van der Waals surface area contributed by atoms with Gasteiger partial charge in [-0.1, -0.05) is 23.7 Å². The van der Waals surface area contributed by atoms with Crippen LogP contribution in [0.2, 0.25) is 5.15 Å². The summed E-state index contributed by atoms with van der Waals surface area (Å²) in [6.45, 7) is 0. The second-order valence-electron chi connectivity index (χ2n) is 3.44. The maximum atomic E-state index is 5.87. The molecular formula is C12H8ClN3. The molecule has 0 aliphatic rings. The van der Waals surface area contributed by atoms with Crippen molar-refractivity contribution in [1.29, 1.82) is 0 Å². The summed E-state index contributed by atoms with van der Waals surface area (Å²) >= 11 is 5.87. The van der Waals surface area contributed by atoms with Crippen molar-refractivity contribution in [3.05, 3.63) is 54.1 Å². The highest BCUT2D eigenvalue weighted by molar-refractivity contribution is 6.29. The molecule has 0 amide bonds. The fourth-order valence-electron chi connectivity index (χ4n) is 1.71. The summed E-state index contributed by atoms with van der Waals surface area (Å²) in [6.07, 6.45) is 3.47. The van der Waals surface area contributed by atoms with Crippen LogP contribution in [0, 0.1) is 0 Å². The molecule has 3 rings (SSSR count). The number of hydrogen-bond donors (Lipinski definition) is 0. The first-order valence-electron chi connectivity index (χ1n) is 4.88. The Morgan fingerprint density at radius 2 is 1.94 bits per heavy atom. The van der Waals surface area contributed by atoms with Crippen LogP contribution in [0.25, 0.3) is 16.7 Å². The van der Waals surface area contributed by atoms with Crippen LogP contribution < -0.4 is 0 Å². The largest absolute Gasteiger partial charge is 0.299 e. The zero-order valence-electron chi connectivity index (χ0n) is 8.34. The lowest BCUT2D eigenvalue weighted by molar-refractivity contribution is 1.08. The van der Waals surface area contributed by atoms with Crippen LogP contribution in [-0.2, 0) is 0 Å². The number of fused-ring (bicyclic) bond motifs is 1. The lowest BCUT2D eigenvalue weighted by Crippen LogP contribution is -1.91. The third-order valence-electron chi connectivity index (χ3n) is 2.44. The van der Waals surface area contributed by atoms with Gasteiger partial charge < -0.3 is 0 Å². The standard InChI is InChI=1S/C12H8ClN3/c13-12-7-9(5-6-14-12)16-8-15-10-3-1-2-4-11(10)16/h1-8H. The quantitative estimate of drug-likeness (QED) is 0.601. The number of nitrogens with zero attached hydrogens (tertiary/aromatic N) is 3. The number of imidazole rings is 1. The number of rotatable bonds is 1. The van der Waals surface area contributed by atoms with E-state index in [2.05, 4.69) is 9.97 Å². The number of aromatic nitrogens is 3. The zero-order valence-corrected chi connectivity index (χ0v) is 9.09. The smallest absolute Gasteiger partial charge is 0.131 e.